The normalized spacial score (nSPS) is 24.3. The summed E-state index contributed by atoms with van der Waals surface area (Å²) in [5, 5.41) is 14.2. The first kappa shape index (κ1) is 15.4. The van der Waals surface area contributed by atoms with Gasteiger partial charge in [0.1, 0.15) is 6.73 Å². The second-order valence-corrected chi connectivity index (χ2v) is 7.22. The smallest absolute Gasteiger partial charge is 0.253 e. The molecule has 5 nitrogen and oxygen atoms in total. The molecule has 2 aliphatic heterocycles. The van der Waals surface area contributed by atoms with Gasteiger partial charge in [-0.3, -0.25) is 9.59 Å². The van der Waals surface area contributed by atoms with E-state index in [1.54, 1.807) is 17.8 Å². The van der Waals surface area contributed by atoms with Crippen molar-refractivity contribution in [1.29, 1.82) is 0 Å². The van der Waals surface area contributed by atoms with E-state index in [0.717, 1.165) is 49.1 Å². The summed E-state index contributed by atoms with van der Waals surface area (Å²) in [4.78, 5) is 25.3. The van der Waals surface area contributed by atoms with E-state index >= 15 is 0 Å². The van der Waals surface area contributed by atoms with Gasteiger partial charge in [-0.1, -0.05) is 0 Å². The van der Waals surface area contributed by atoms with Crippen LogP contribution in [0, 0.1) is 0 Å². The maximum absolute atomic E-state index is 12.4. The quantitative estimate of drug-likeness (QED) is 0.721. The molecule has 1 fully saturated rings. The lowest BCUT2D eigenvalue weighted by molar-refractivity contribution is -0.123. The van der Waals surface area contributed by atoms with Crippen LogP contribution < -0.4 is 10.6 Å². The van der Waals surface area contributed by atoms with Crippen LogP contribution in [-0.4, -0.2) is 34.9 Å². The highest BCUT2D eigenvalue weighted by Crippen LogP contribution is 2.47. The topological polar surface area (TPSA) is 78.4 Å². The van der Waals surface area contributed by atoms with Crippen LogP contribution in [0.25, 0.3) is 0 Å². The van der Waals surface area contributed by atoms with E-state index in [0.29, 0.717) is 5.56 Å². The summed E-state index contributed by atoms with van der Waals surface area (Å²) in [6, 6.07) is 5.55. The van der Waals surface area contributed by atoms with Crippen LogP contribution in [0.2, 0.25) is 0 Å². The number of nitrogens with one attached hydrogen (secondary N) is 2. The number of hydrogen-bond donors (Lipinski definition) is 3. The van der Waals surface area contributed by atoms with Gasteiger partial charge in [-0.15, -0.1) is 11.8 Å². The number of thioether (sulfide) groups is 1. The number of aliphatic hydroxyl groups excluding tert-OH is 1. The van der Waals surface area contributed by atoms with Gasteiger partial charge in [0, 0.05) is 17.0 Å². The summed E-state index contributed by atoms with van der Waals surface area (Å²) in [6.45, 7) is 0.405. The molecule has 0 saturated carbocycles. The van der Waals surface area contributed by atoms with Crippen molar-refractivity contribution in [3.63, 3.8) is 0 Å². The number of rotatable bonds is 2. The zero-order valence-corrected chi connectivity index (χ0v) is 13.2. The Morgan fingerprint density at radius 2 is 2.23 bits per heavy atom. The predicted molar refractivity (Wildman–Crippen MR) is 84.8 cm³/mol. The summed E-state index contributed by atoms with van der Waals surface area (Å²) in [5.74, 6) is -0.120. The Kier molecular flexibility index (Phi) is 4.40. The minimum absolute atomic E-state index is 0.155. The van der Waals surface area contributed by atoms with Gasteiger partial charge in [-0.2, -0.15) is 0 Å². The Bertz CT molecular complexity index is 605. The Balaban J connectivity index is 1.84. The van der Waals surface area contributed by atoms with Gasteiger partial charge in [0.05, 0.1) is 4.75 Å². The van der Waals surface area contributed by atoms with Gasteiger partial charge in [0.2, 0.25) is 5.91 Å². The van der Waals surface area contributed by atoms with Crippen LogP contribution in [0.5, 0.6) is 0 Å². The summed E-state index contributed by atoms with van der Waals surface area (Å²) in [6.07, 6.45) is 4.63. The number of carbonyl (C=O) groups excluding carboxylic acids is 2. The third-order valence-electron chi connectivity index (χ3n) is 4.37. The van der Waals surface area contributed by atoms with Gasteiger partial charge < -0.3 is 15.7 Å². The molecular weight excluding hydrogens is 300 g/mol. The number of fused-ring (bicyclic) bond motifs is 1. The third-order valence-corrected chi connectivity index (χ3v) is 5.98. The lowest BCUT2D eigenvalue weighted by Crippen LogP contribution is -2.44. The molecule has 1 unspecified atom stereocenters. The van der Waals surface area contributed by atoms with Crippen molar-refractivity contribution in [2.45, 2.75) is 41.7 Å². The monoisotopic (exact) mass is 320 g/mol. The fraction of sp³-hybridized carbons (Fsp3) is 0.500. The highest BCUT2D eigenvalue weighted by atomic mass is 32.2. The van der Waals surface area contributed by atoms with Crippen LogP contribution in [0.3, 0.4) is 0 Å². The molecule has 0 aliphatic carbocycles. The summed E-state index contributed by atoms with van der Waals surface area (Å²) in [7, 11) is 0. The van der Waals surface area contributed by atoms with E-state index in [1.165, 1.54) is 0 Å². The average Bonchev–Trinajstić information content (AvgIpc) is 2.70. The number of hydrogen-bond acceptors (Lipinski definition) is 4. The minimum Gasteiger partial charge on any atom is -0.376 e. The molecule has 1 aromatic carbocycles. The molecule has 1 atom stereocenters. The Morgan fingerprint density at radius 3 is 3.05 bits per heavy atom. The van der Waals surface area contributed by atoms with Crippen molar-refractivity contribution >= 4 is 23.6 Å². The van der Waals surface area contributed by atoms with Crippen molar-refractivity contribution < 1.29 is 14.7 Å². The van der Waals surface area contributed by atoms with Crippen LogP contribution >= 0.6 is 11.8 Å². The zero-order valence-electron chi connectivity index (χ0n) is 12.4. The Hall–Kier alpha value is -1.53. The second kappa shape index (κ2) is 6.30. The predicted octanol–water partition coefficient (Wildman–Crippen LogP) is 1.44. The fourth-order valence-corrected chi connectivity index (χ4v) is 4.60. The zero-order chi connectivity index (χ0) is 15.6. The molecule has 2 aliphatic rings. The van der Waals surface area contributed by atoms with E-state index in [2.05, 4.69) is 10.6 Å². The maximum atomic E-state index is 12.4. The highest BCUT2D eigenvalue weighted by molar-refractivity contribution is 8.01. The molecule has 1 aromatic rings. The number of benzene rings is 1. The number of aryl methyl sites for hydroxylation is 1. The molecule has 1 saturated heterocycles. The molecule has 0 bridgehead atoms. The lowest BCUT2D eigenvalue weighted by Gasteiger charge is -2.35. The Morgan fingerprint density at radius 1 is 1.36 bits per heavy atom. The second-order valence-electron chi connectivity index (χ2n) is 5.80. The summed E-state index contributed by atoms with van der Waals surface area (Å²) < 4.78 is -0.349. The molecule has 22 heavy (non-hydrogen) atoms. The van der Waals surface area contributed by atoms with Gasteiger partial charge in [0.25, 0.3) is 5.91 Å². The molecule has 1 spiro atoms. The van der Waals surface area contributed by atoms with Crippen molar-refractivity contribution in [2.75, 3.05) is 13.3 Å². The van der Waals surface area contributed by atoms with Crippen LogP contribution in [0.15, 0.2) is 23.1 Å². The van der Waals surface area contributed by atoms with Gasteiger partial charge in [0.15, 0.2) is 0 Å². The van der Waals surface area contributed by atoms with Gasteiger partial charge in [-0.25, -0.2) is 0 Å². The molecule has 3 N–H and O–H groups in total. The molecule has 2 heterocycles. The molecule has 118 valence electrons. The van der Waals surface area contributed by atoms with E-state index in [1.807, 2.05) is 12.1 Å². The summed E-state index contributed by atoms with van der Waals surface area (Å²) in [5.41, 5.74) is 1.66. The highest BCUT2D eigenvalue weighted by Gasteiger charge is 2.42. The number of amides is 2. The third kappa shape index (κ3) is 2.85. The molecule has 6 heteroatoms. The lowest BCUT2D eigenvalue weighted by atomic mass is 9.92. The maximum Gasteiger partial charge on any atom is 0.253 e. The Labute approximate surface area is 133 Å². The molecule has 2 amide bonds. The average molecular weight is 320 g/mol. The molecule has 0 radical (unpaired) electrons. The first-order valence-corrected chi connectivity index (χ1v) is 8.46. The standard InChI is InChI=1S/C16H20N2O3S/c19-10-18-14(20)12-3-4-13-11(9-12)5-7-16(22-13)6-1-2-8-17-15(16)21/h3-4,9,19H,1-2,5-8,10H2,(H,17,21)(H,18,20). The van der Waals surface area contributed by atoms with E-state index in [9.17, 15) is 9.59 Å². The van der Waals surface area contributed by atoms with Crippen molar-refractivity contribution in [3.8, 4) is 0 Å². The molecular formula is C16H20N2O3S. The molecule has 3 rings (SSSR count). The van der Waals surface area contributed by atoms with Crippen molar-refractivity contribution in [3.05, 3.63) is 29.3 Å². The van der Waals surface area contributed by atoms with Crippen LogP contribution in [0.4, 0.5) is 0 Å². The summed E-state index contributed by atoms with van der Waals surface area (Å²) >= 11 is 1.64. The largest absolute Gasteiger partial charge is 0.376 e. The first-order valence-electron chi connectivity index (χ1n) is 7.64. The van der Waals surface area contributed by atoms with E-state index < -0.39 is 0 Å². The van der Waals surface area contributed by atoms with Gasteiger partial charge in [-0.05, 0) is 55.9 Å². The van der Waals surface area contributed by atoms with Crippen molar-refractivity contribution in [1.82, 2.24) is 10.6 Å². The van der Waals surface area contributed by atoms with E-state index in [4.69, 9.17) is 5.11 Å². The van der Waals surface area contributed by atoms with E-state index in [-0.39, 0.29) is 23.3 Å². The number of aliphatic hydroxyl groups is 1. The first-order chi connectivity index (χ1) is 10.6. The molecule has 0 aromatic heterocycles. The minimum atomic E-state index is -0.367. The van der Waals surface area contributed by atoms with Gasteiger partial charge >= 0.3 is 0 Å². The fourth-order valence-electron chi connectivity index (χ4n) is 3.14. The number of carbonyl (C=O) groups is 2. The SMILES string of the molecule is O=C(NCO)c1ccc2c(c1)CCC1(CCCCNC1=O)S2. The van der Waals surface area contributed by atoms with Crippen LogP contribution in [-0.2, 0) is 11.2 Å². The van der Waals surface area contributed by atoms with Crippen molar-refractivity contribution in [2.24, 2.45) is 0 Å². The van der Waals surface area contributed by atoms with Crippen LogP contribution in [0.1, 0.15) is 41.6 Å².